The molecule has 2 saturated heterocycles. The van der Waals surface area contributed by atoms with Gasteiger partial charge in [0, 0.05) is 38.9 Å². The lowest BCUT2D eigenvalue weighted by Gasteiger charge is -2.44. The third-order valence-electron chi connectivity index (χ3n) is 6.30. The first-order valence-corrected chi connectivity index (χ1v) is 10.3. The van der Waals surface area contributed by atoms with Crippen LogP contribution in [-0.4, -0.2) is 81.9 Å². The van der Waals surface area contributed by atoms with Crippen molar-refractivity contribution in [3.63, 3.8) is 0 Å². The molecule has 164 valence electrons. The van der Waals surface area contributed by atoms with E-state index >= 15 is 0 Å². The number of hydrogen-bond acceptors (Lipinski definition) is 4. The van der Waals surface area contributed by atoms with E-state index < -0.39 is 0 Å². The number of nitrogens with one attached hydrogen (secondary N) is 1. The monoisotopic (exact) mass is 516 g/mol. The maximum absolute atomic E-state index is 6.11. The van der Waals surface area contributed by atoms with Gasteiger partial charge in [0.1, 0.15) is 6.10 Å². The molecule has 1 aromatic rings. The standard InChI is InChI=1S/C22H36N4O2.HI/c1-17-6-7-19(18(2)14-17)20-15-26(10-13-28-20)21(23-3)24-16-22(25(4)5)8-11-27-12-9-22;/h6-7,14,20H,8-13,15-16H2,1-5H3,(H,23,24);1H. The van der Waals surface area contributed by atoms with Crippen molar-refractivity contribution in [3.8, 4) is 0 Å². The molecule has 6 nitrogen and oxygen atoms in total. The van der Waals surface area contributed by atoms with Gasteiger partial charge in [-0.1, -0.05) is 23.8 Å². The molecule has 2 fully saturated rings. The quantitative estimate of drug-likeness (QED) is 0.379. The lowest BCUT2D eigenvalue weighted by Crippen LogP contribution is -2.58. The molecule has 0 radical (unpaired) electrons. The fourth-order valence-corrected chi connectivity index (χ4v) is 4.33. The zero-order valence-corrected chi connectivity index (χ0v) is 20.9. The number of hydrogen-bond donors (Lipinski definition) is 1. The van der Waals surface area contributed by atoms with Crippen LogP contribution in [0.3, 0.4) is 0 Å². The molecule has 0 aromatic heterocycles. The van der Waals surface area contributed by atoms with E-state index in [4.69, 9.17) is 9.47 Å². The van der Waals surface area contributed by atoms with Crippen LogP contribution in [0.2, 0.25) is 0 Å². The second-order valence-corrected chi connectivity index (χ2v) is 8.30. The van der Waals surface area contributed by atoms with Gasteiger partial charge >= 0.3 is 0 Å². The lowest BCUT2D eigenvalue weighted by atomic mass is 9.88. The van der Waals surface area contributed by atoms with Crippen LogP contribution in [0.25, 0.3) is 0 Å². The van der Waals surface area contributed by atoms with E-state index in [9.17, 15) is 0 Å². The van der Waals surface area contributed by atoms with Gasteiger partial charge in [-0.3, -0.25) is 4.99 Å². The van der Waals surface area contributed by atoms with Gasteiger partial charge in [0.25, 0.3) is 0 Å². The Balaban J connectivity index is 0.00000300. The smallest absolute Gasteiger partial charge is 0.193 e. The SMILES string of the molecule is CN=C(NCC1(N(C)C)CCOCC1)N1CCOC(c2ccc(C)cc2C)C1.I. The van der Waals surface area contributed by atoms with Crippen molar-refractivity contribution in [3.05, 3.63) is 34.9 Å². The molecule has 0 spiro atoms. The van der Waals surface area contributed by atoms with Gasteiger partial charge in [-0.15, -0.1) is 24.0 Å². The minimum absolute atomic E-state index is 0. The van der Waals surface area contributed by atoms with Gasteiger partial charge in [0.2, 0.25) is 0 Å². The Morgan fingerprint density at radius 1 is 1.24 bits per heavy atom. The van der Waals surface area contributed by atoms with E-state index in [0.29, 0.717) is 6.61 Å². The number of rotatable bonds is 4. The highest BCUT2D eigenvalue weighted by Gasteiger charge is 2.35. The maximum atomic E-state index is 6.11. The van der Waals surface area contributed by atoms with Gasteiger partial charge < -0.3 is 24.6 Å². The summed E-state index contributed by atoms with van der Waals surface area (Å²) in [7, 11) is 6.21. The molecule has 1 N–H and O–H groups in total. The highest BCUT2D eigenvalue weighted by molar-refractivity contribution is 14.0. The highest BCUT2D eigenvalue weighted by Crippen LogP contribution is 2.27. The van der Waals surface area contributed by atoms with Crippen molar-refractivity contribution >= 4 is 29.9 Å². The van der Waals surface area contributed by atoms with Crippen LogP contribution in [0.5, 0.6) is 0 Å². The van der Waals surface area contributed by atoms with Crippen molar-refractivity contribution in [2.45, 2.75) is 38.3 Å². The lowest BCUT2D eigenvalue weighted by molar-refractivity contribution is -0.0125. The van der Waals surface area contributed by atoms with E-state index in [-0.39, 0.29) is 35.6 Å². The third-order valence-corrected chi connectivity index (χ3v) is 6.30. The van der Waals surface area contributed by atoms with Crippen molar-refractivity contribution < 1.29 is 9.47 Å². The minimum atomic E-state index is 0. The molecular formula is C22H37IN4O2. The average molecular weight is 516 g/mol. The highest BCUT2D eigenvalue weighted by atomic mass is 127. The Kier molecular flexibility index (Phi) is 9.18. The summed E-state index contributed by atoms with van der Waals surface area (Å²) in [4.78, 5) is 9.25. The number of halogens is 1. The van der Waals surface area contributed by atoms with Gasteiger partial charge in [-0.05, 0) is 51.9 Å². The van der Waals surface area contributed by atoms with Gasteiger partial charge in [-0.2, -0.15) is 0 Å². The van der Waals surface area contributed by atoms with Crippen LogP contribution < -0.4 is 5.32 Å². The molecule has 0 bridgehead atoms. The van der Waals surface area contributed by atoms with Gasteiger partial charge in [0.15, 0.2) is 5.96 Å². The summed E-state index contributed by atoms with van der Waals surface area (Å²) in [6.45, 7) is 9.22. The van der Waals surface area contributed by atoms with E-state index in [1.54, 1.807) is 0 Å². The number of likely N-dealkylation sites (N-methyl/N-ethyl adjacent to an activating group) is 1. The predicted molar refractivity (Wildman–Crippen MR) is 129 cm³/mol. The third kappa shape index (κ3) is 5.83. The Bertz CT molecular complexity index is 689. The second-order valence-electron chi connectivity index (χ2n) is 8.30. The topological polar surface area (TPSA) is 49.3 Å². The zero-order chi connectivity index (χ0) is 20.1. The van der Waals surface area contributed by atoms with Gasteiger partial charge in [0.05, 0.1) is 13.2 Å². The molecule has 1 aromatic carbocycles. The first-order chi connectivity index (χ1) is 13.4. The summed E-state index contributed by atoms with van der Waals surface area (Å²) >= 11 is 0. The number of morpholine rings is 1. The first kappa shape index (κ1) is 24.4. The fourth-order valence-electron chi connectivity index (χ4n) is 4.33. The van der Waals surface area contributed by atoms with Crippen LogP contribution in [0.15, 0.2) is 23.2 Å². The van der Waals surface area contributed by atoms with Crippen LogP contribution in [0.1, 0.15) is 35.6 Å². The largest absolute Gasteiger partial charge is 0.381 e. The van der Waals surface area contributed by atoms with Crippen molar-refractivity contribution in [2.24, 2.45) is 4.99 Å². The summed E-state index contributed by atoms with van der Waals surface area (Å²) < 4.78 is 11.7. The van der Waals surface area contributed by atoms with Crippen molar-refractivity contribution in [1.82, 2.24) is 15.1 Å². The molecule has 7 heteroatoms. The molecule has 1 atom stereocenters. The van der Waals surface area contributed by atoms with Crippen LogP contribution >= 0.6 is 24.0 Å². The number of guanidine groups is 1. The maximum Gasteiger partial charge on any atom is 0.193 e. The number of aliphatic imine (C=N–C) groups is 1. The summed E-state index contributed by atoms with van der Waals surface area (Å²) in [5.41, 5.74) is 3.98. The molecule has 2 aliphatic heterocycles. The average Bonchev–Trinajstić information content (AvgIpc) is 2.69. The number of nitrogens with zero attached hydrogens (tertiary/aromatic N) is 3. The molecule has 0 amide bonds. The summed E-state index contributed by atoms with van der Waals surface area (Å²) in [5, 5.41) is 3.65. The first-order valence-electron chi connectivity index (χ1n) is 10.3. The van der Waals surface area contributed by atoms with Gasteiger partial charge in [-0.25, -0.2) is 0 Å². The summed E-state index contributed by atoms with van der Waals surface area (Å²) in [6.07, 6.45) is 2.16. The Morgan fingerprint density at radius 2 is 1.97 bits per heavy atom. The Labute approximate surface area is 193 Å². The Hall–Kier alpha value is -0.900. The molecule has 2 heterocycles. The van der Waals surface area contributed by atoms with E-state index in [0.717, 1.165) is 51.6 Å². The molecule has 1 unspecified atom stereocenters. The molecule has 29 heavy (non-hydrogen) atoms. The number of benzene rings is 1. The van der Waals surface area contributed by atoms with Crippen LogP contribution in [-0.2, 0) is 9.47 Å². The Morgan fingerprint density at radius 3 is 2.59 bits per heavy atom. The minimum Gasteiger partial charge on any atom is -0.381 e. The molecule has 3 rings (SSSR count). The predicted octanol–water partition coefficient (Wildman–Crippen LogP) is 2.98. The van der Waals surface area contributed by atoms with E-state index in [1.807, 2.05) is 7.05 Å². The van der Waals surface area contributed by atoms with Crippen molar-refractivity contribution in [2.75, 3.05) is 60.6 Å². The number of aryl methyl sites for hydroxylation is 2. The second kappa shape index (κ2) is 10.9. The number of ether oxygens (including phenoxy) is 2. The molecule has 2 aliphatic rings. The fraction of sp³-hybridized carbons (Fsp3) is 0.682. The summed E-state index contributed by atoms with van der Waals surface area (Å²) in [6, 6.07) is 6.61. The molecule has 0 aliphatic carbocycles. The summed E-state index contributed by atoms with van der Waals surface area (Å²) in [5.74, 6) is 0.964. The van der Waals surface area contributed by atoms with Crippen LogP contribution in [0, 0.1) is 13.8 Å². The normalized spacial score (nSPS) is 22.3. The van der Waals surface area contributed by atoms with Crippen LogP contribution in [0.4, 0.5) is 0 Å². The van der Waals surface area contributed by atoms with Crippen molar-refractivity contribution in [1.29, 1.82) is 0 Å². The molecule has 0 saturated carbocycles. The molecular weight excluding hydrogens is 479 g/mol. The van der Waals surface area contributed by atoms with E-state index in [1.165, 1.54) is 16.7 Å². The van der Waals surface area contributed by atoms with E-state index in [2.05, 4.69) is 66.3 Å². The zero-order valence-electron chi connectivity index (χ0n) is 18.5.